The van der Waals surface area contributed by atoms with Gasteiger partial charge in [-0.2, -0.15) is 0 Å². The van der Waals surface area contributed by atoms with Gasteiger partial charge in [-0.25, -0.2) is 0 Å². The molecule has 114 valence electrons. The Kier molecular flexibility index (Phi) is 3.56. The van der Waals surface area contributed by atoms with Crippen LogP contribution in [0.1, 0.15) is 46.0 Å². The van der Waals surface area contributed by atoms with E-state index < -0.39 is 0 Å². The molecule has 4 rings (SSSR count). The molecule has 20 heavy (non-hydrogen) atoms. The topological polar surface area (TPSA) is 27.3 Å². The monoisotopic (exact) mass is 277 g/mol. The predicted octanol–water partition coefficient (Wildman–Crippen LogP) is 2.04. The van der Waals surface area contributed by atoms with Gasteiger partial charge in [-0.1, -0.05) is 6.92 Å². The van der Waals surface area contributed by atoms with Gasteiger partial charge in [0.1, 0.15) is 0 Å². The molecule has 2 saturated carbocycles. The van der Waals surface area contributed by atoms with Gasteiger partial charge in [0.2, 0.25) is 0 Å². The summed E-state index contributed by atoms with van der Waals surface area (Å²) in [7, 11) is 0. The number of hydrogen-bond donors (Lipinski definition) is 2. The molecule has 2 N–H and O–H groups in total. The first-order valence-electron chi connectivity index (χ1n) is 8.98. The van der Waals surface area contributed by atoms with Crippen molar-refractivity contribution in [2.45, 2.75) is 64.2 Å². The molecule has 2 aliphatic heterocycles. The van der Waals surface area contributed by atoms with E-state index >= 15 is 0 Å². The van der Waals surface area contributed by atoms with Crippen LogP contribution in [-0.4, -0.2) is 42.8 Å². The molecular formula is C17H31N3. The fourth-order valence-electron chi connectivity index (χ4n) is 6.00. The SMILES string of the molecule is CCCN1C(C)NC2CC3C4CNCC(C4)CC3CC21. The van der Waals surface area contributed by atoms with Gasteiger partial charge in [0.25, 0.3) is 0 Å². The second-order valence-electron chi connectivity index (χ2n) is 7.91. The largest absolute Gasteiger partial charge is 0.316 e. The molecule has 0 radical (unpaired) electrons. The highest BCUT2D eigenvalue weighted by Gasteiger charge is 2.50. The smallest absolute Gasteiger partial charge is 0.0573 e. The van der Waals surface area contributed by atoms with Crippen molar-refractivity contribution < 1.29 is 0 Å². The van der Waals surface area contributed by atoms with Crippen LogP contribution in [0.2, 0.25) is 0 Å². The Bertz CT molecular complexity index is 358. The second-order valence-corrected chi connectivity index (χ2v) is 7.91. The van der Waals surface area contributed by atoms with E-state index in [9.17, 15) is 0 Å². The molecule has 7 unspecified atom stereocenters. The molecule has 2 bridgehead atoms. The van der Waals surface area contributed by atoms with Gasteiger partial charge < -0.3 is 5.32 Å². The normalized spacial score (nSPS) is 51.6. The summed E-state index contributed by atoms with van der Waals surface area (Å²) >= 11 is 0. The van der Waals surface area contributed by atoms with Crippen molar-refractivity contribution in [2.24, 2.45) is 23.7 Å². The average molecular weight is 277 g/mol. The van der Waals surface area contributed by atoms with E-state index in [1.807, 2.05) is 0 Å². The minimum atomic E-state index is 0.600. The minimum Gasteiger partial charge on any atom is -0.316 e. The molecule has 0 aromatic carbocycles. The van der Waals surface area contributed by atoms with Crippen molar-refractivity contribution in [2.75, 3.05) is 19.6 Å². The molecular weight excluding hydrogens is 246 g/mol. The zero-order chi connectivity index (χ0) is 13.7. The summed E-state index contributed by atoms with van der Waals surface area (Å²) in [5.74, 6) is 3.99. The Morgan fingerprint density at radius 1 is 1.05 bits per heavy atom. The van der Waals surface area contributed by atoms with Crippen molar-refractivity contribution in [3.63, 3.8) is 0 Å². The van der Waals surface area contributed by atoms with E-state index in [-0.39, 0.29) is 0 Å². The maximum absolute atomic E-state index is 3.90. The van der Waals surface area contributed by atoms with E-state index in [1.54, 1.807) is 0 Å². The summed E-state index contributed by atoms with van der Waals surface area (Å²) < 4.78 is 0. The molecule has 2 heterocycles. The van der Waals surface area contributed by atoms with Crippen molar-refractivity contribution in [3.05, 3.63) is 0 Å². The average Bonchev–Trinajstić information content (AvgIpc) is 2.74. The second kappa shape index (κ2) is 5.26. The Morgan fingerprint density at radius 2 is 1.90 bits per heavy atom. The number of rotatable bonds is 2. The predicted molar refractivity (Wildman–Crippen MR) is 82.5 cm³/mol. The Balaban J connectivity index is 1.51. The Hall–Kier alpha value is -0.120. The van der Waals surface area contributed by atoms with Gasteiger partial charge in [-0.15, -0.1) is 0 Å². The molecule has 0 amide bonds. The summed E-state index contributed by atoms with van der Waals surface area (Å²) in [6, 6.07) is 1.61. The number of nitrogens with one attached hydrogen (secondary N) is 2. The van der Waals surface area contributed by atoms with Crippen molar-refractivity contribution in [3.8, 4) is 0 Å². The van der Waals surface area contributed by atoms with Gasteiger partial charge in [0, 0.05) is 12.1 Å². The lowest BCUT2D eigenvalue weighted by molar-refractivity contribution is 0.0126. The third-order valence-electron chi connectivity index (χ3n) is 6.72. The third-order valence-corrected chi connectivity index (χ3v) is 6.72. The van der Waals surface area contributed by atoms with Crippen LogP contribution < -0.4 is 10.6 Å². The molecule has 0 aromatic heterocycles. The third kappa shape index (κ3) is 2.13. The van der Waals surface area contributed by atoms with Crippen LogP contribution in [0.15, 0.2) is 0 Å². The maximum atomic E-state index is 3.90. The number of fused-ring (bicyclic) bond motifs is 5. The van der Waals surface area contributed by atoms with Gasteiger partial charge in [0.15, 0.2) is 0 Å². The van der Waals surface area contributed by atoms with E-state index in [1.165, 1.54) is 51.7 Å². The molecule has 2 aliphatic carbocycles. The first-order chi connectivity index (χ1) is 9.76. The number of hydrogen-bond acceptors (Lipinski definition) is 3. The summed E-state index contributed by atoms with van der Waals surface area (Å²) in [6.45, 7) is 8.56. The van der Waals surface area contributed by atoms with Gasteiger partial charge in [-0.3, -0.25) is 10.2 Å². The standard InChI is InChI=1S/C17H31N3/c1-3-4-20-11(2)19-16-8-15-13(7-17(16)20)5-12-6-14(15)10-18-9-12/h11-19H,3-10H2,1-2H3. The molecule has 4 fully saturated rings. The van der Waals surface area contributed by atoms with Gasteiger partial charge in [-0.05, 0) is 82.3 Å². The van der Waals surface area contributed by atoms with Crippen LogP contribution in [0.25, 0.3) is 0 Å². The van der Waals surface area contributed by atoms with Crippen LogP contribution >= 0.6 is 0 Å². The molecule has 3 nitrogen and oxygen atoms in total. The van der Waals surface area contributed by atoms with Crippen molar-refractivity contribution in [1.29, 1.82) is 0 Å². The lowest BCUT2D eigenvalue weighted by atomic mass is 9.59. The molecule has 4 aliphatic rings. The molecule has 3 heteroatoms. The Labute approximate surface area is 123 Å². The zero-order valence-corrected chi connectivity index (χ0v) is 13.1. The lowest BCUT2D eigenvalue weighted by Crippen LogP contribution is -2.53. The lowest BCUT2D eigenvalue weighted by Gasteiger charge is -2.51. The first kappa shape index (κ1) is 13.5. The van der Waals surface area contributed by atoms with E-state index in [2.05, 4.69) is 29.4 Å². The summed E-state index contributed by atoms with van der Waals surface area (Å²) in [4.78, 5) is 2.77. The van der Waals surface area contributed by atoms with Crippen LogP contribution in [0.5, 0.6) is 0 Å². The fraction of sp³-hybridized carbons (Fsp3) is 1.00. The summed E-state index contributed by atoms with van der Waals surface area (Å²) in [5, 5.41) is 7.59. The van der Waals surface area contributed by atoms with Crippen LogP contribution in [-0.2, 0) is 0 Å². The fourth-order valence-corrected chi connectivity index (χ4v) is 6.00. The van der Waals surface area contributed by atoms with Crippen LogP contribution in [0.3, 0.4) is 0 Å². The molecule has 0 aromatic rings. The summed E-state index contributed by atoms with van der Waals surface area (Å²) in [6.07, 6.45) is 7.82. The minimum absolute atomic E-state index is 0.600. The molecule has 2 saturated heterocycles. The van der Waals surface area contributed by atoms with Crippen LogP contribution in [0, 0.1) is 23.7 Å². The number of nitrogens with zero attached hydrogens (tertiary/aromatic N) is 1. The van der Waals surface area contributed by atoms with E-state index in [4.69, 9.17) is 0 Å². The highest BCUT2D eigenvalue weighted by molar-refractivity contribution is 5.05. The quantitative estimate of drug-likeness (QED) is 0.809. The maximum Gasteiger partial charge on any atom is 0.0573 e. The first-order valence-corrected chi connectivity index (χ1v) is 8.98. The van der Waals surface area contributed by atoms with Crippen molar-refractivity contribution in [1.82, 2.24) is 15.5 Å². The van der Waals surface area contributed by atoms with E-state index in [0.717, 1.165) is 35.8 Å². The van der Waals surface area contributed by atoms with Gasteiger partial charge >= 0.3 is 0 Å². The van der Waals surface area contributed by atoms with Gasteiger partial charge in [0.05, 0.1) is 6.17 Å². The zero-order valence-electron chi connectivity index (χ0n) is 13.1. The highest BCUT2D eigenvalue weighted by Crippen LogP contribution is 2.49. The Morgan fingerprint density at radius 3 is 2.75 bits per heavy atom. The highest BCUT2D eigenvalue weighted by atomic mass is 15.4. The van der Waals surface area contributed by atoms with E-state index in [0.29, 0.717) is 6.17 Å². The van der Waals surface area contributed by atoms with Crippen LogP contribution in [0.4, 0.5) is 0 Å². The number of piperidine rings is 1. The molecule has 0 spiro atoms. The molecule has 7 atom stereocenters. The summed E-state index contributed by atoms with van der Waals surface area (Å²) in [5.41, 5.74) is 0. The van der Waals surface area contributed by atoms with Crippen molar-refractivity contribution >= 4 is 0 Å².